The van der Waals surface area contributed by atoms with Gasteiger partial charge in [0, 0.05) is 29.4 Å². The molecule has 0 aliphatic carbocycles. The van der Waals surface area contributed by atoms with Gasteiger partial charge in [0.25, 0.3) is 0 Å². The molecule has 1 aliphatic heterocycles. The standard InChI is InChI=1S/C10H20N2O2S/c1-3-5-9-11-8-10(13)12(9)6-4-7-15(2)14/h9,11H,3-8H2,1-2H3. The lowest BCUT2D eigenvalue weighted by molar-refractivity contribution is -0.128. The molecule has 1 N–H and O–H groups in total. The number of rotatable bonds is 6. The summed E-state index contributed by atoms with van der Waals surface area (Å²) in [6, 6.07) is 0. The van der Waals surface area contributed by atoms with Gasteiger partial charge in [0.05, 0.1) is 12.7 Å². The summed E-state index contributed by atoms with van der Waals surface area (Å²) in [5.74, 6) is 0.859. The Kier molecular flexibility index (Phi) is 5.25. The summed E-state index contributed by atoms with van der Waals surface area (Å²) in [6.45, 7) is 3.31. The van der Waals surface area contributed by atoms with Crippen LogP contribution in [0.5, 0.6) is 0 Å². The monoisotopic (exact) mass is 232 g/mol. The molecule has 15 heavy (non-hydrogen) atoms. The molecular formula is C10H20N2O2S. The van der Waals surface area contributed by atoms with Crippen LogP contribution in [0.1, 0.15) is 26.2 Å². The zero-order chi connectivity index (χ0) is 11.3. The van der Waals surface area contributed by atoms with Crippen molar-refractivity contribution in [3.05, 3.63) is 0 Å². The second-order valence-electron chi connectivity index (χ2n) is 3.90. The summed E-state index contributed by atoms with van der Waals surface area (Å²) in [5.41, 5.74) is 0. The van der Waals surface area contributed by atoms with Crippen LogP contribution >= 0.6 is 0 Å². The van der Waals surface area contributed by atoms with Crippen molar-refractivity contribution in [2.75, 3.05) is 25.1 Å². The van der Waals surface area contributed by atoms with E-state index in [4.69, 9.17) is 0 Å². The van der Waals surface area contributed by atoms with Gasteiger partial charge in [0.1, 0.15) is 0 Å². The van der Waals surface area contributed by atoms with E-state index in [0.29, 0.717) is 12.3 Å². The topological polar surface area (TPSA) is 49.4 Å². The van der Waals surface area contributed by atoms with Crippen molar-refractivity contribution in [2.45, 2.75) is 32.4 Å². The Balaban J connectivity index is 2.35. The summed E-state index contributed by atoms with van der Waals surface area (Å²) >= 11 is 0. The molecule has 4 nitrogen and oxygen atoms in total. The second kappa shape index (κ2) is 6.23. The van der Waals surface area contributed by atoms with Crippen molar-refractivity contribution in [3.8, 4) is 0 Å². The molecule has 0 spiro atoms. The normalized spacial score (nSPS) is 23.5. The molecule has 1 saturated heterocycles. The molecule has 0 aromatic carbocycles. The molecule has 88 valence electrons. The second-order valence-corrected chi connectivity index (χ2v) is 5.46. The van der Waals surface area contributed by atoms with E-state index < -0.39 is 10.8 Å². The SMILES string of the molecule is CCCC1NCC(=O)N1CCCS(C)=O. The molecule has 1 rings (SSSR count). The molecule has 2 unspecified atom stereocenters. The highest BCUT2D eigenvalue weighted by atomic mass is 32.2. The lowest BCUT2D eigenvalue weighted by Gasteiger charge is -2.23. The summed E-state index contributed by atoms with van der Waals surface area (Å²) in [5, 5.41) is 3.20. The molecule has 0 radical (unpaired) electrons. The molecule has 1 aliphatic rings. The minimum atomic E-state index is -0.750. The Morgan fingerprint density at radius 3 is 2.93 bits per heavy atom. The van der Waals surface area contributed by atoms with E-state index in [1.165, 1.54) is 0 Å². The maximum Gasteiger partial charge on any atom is 0.237 e. The first-order chi connectivity index (χ1) is 7.15. The molecular weight excluding hydrogens is 212 g/mol. The number of hydrogen-bond donors (Lipinski definition) is 1. The van der Waals surface area contributed by atoms with Crippen LogP contribution in [-0.2, 0) is 15.6 Å². The molecule has 0 aromatic rings. The Bertz CT molecular complexity index is 246. The van der Waals surface area contributed by atoms with E-state index in [1.54, 1.807) is 6.26 Å². The van der Waals surface area contributed by atoms with Crippen LogP contribution in [0.15, 0.2) is 0 Å². The highest BCUT2D eigenvalue weighted by molar-refractivity contribution is 7.84. The fraction of sp³-hybridized carbons (Fsp3) is 0.900. The van der Waals surface area contributed by atoms with Crippen LogP contribution < -0.4 is 5.32 Å². The van der Waals surface area contributed by atoms with E-state index >= 15 is 0 Å². The fourth-order valence-corrected chi connectivity index (χ4v) is 2.38. The van der Waals surface area contributed by atoms with Crippen molar-refractivity contribution >= 4 is 16.7 Å². The molecule has 2 atom stereocenters. The summed E-state index contributed by atoms with van der Waals surface area (Å²) in [6.07, 6.45) is 4.81. The highest BCUT2D eigenvalue weighted by Gasteiger charge is 2.28. The molecule has 1 heterocycles. The summed E-state index contributed by atoms with van der Waals surface area (Å²) in [7, 11) is -0.750. The first-order valence-electron chi connectivity index (χ1n) is 5.48. The highest BCUT2D eigenvalue weighted by Crippen LogP contribution is 2.10. The Morgan fingerprint density at radius 2 is 2.33 bits per heavy atom. The maximum atomic E-state index is 11.5. The minimum absolute atomic E-state index is 0.176. The Labute approximate surface area is 93.9 Å². The smallest absolute Gasteiger partial charge is 0.237 e. The van der Waals surface area contributed by atoms with Gasteiger partial charge in [-0.25, -0.2) is 0 Å². The largest absolute Gasteiger partial charge is 0.326 e. The van der Waals surface area contributed by atoms with Crippen LogP contribution in [-0.4, -0.2) is 46.3 Å². The molecule has 0 aromatic heterocycles. The quantitative estimate of drug-likeness (QED) is 0.717. The van der Waals surface area contributed by atoms with Crippen LogP contribution in [0.3, 0.4) is 0 Å². The van der Waals surface area contributed by atoms with E-state index in [9.17, 15) is 9.00 Å². The Morgan fingerprint density at radius 1 is 1.60 bits per heavy atom. The number of amides is 1. The summed E-state index contributed by atoms with van der Waals surface area (Å²) < 4.78 is 10.9. The van der Waals surface area contributed by atoms with Crippen LogP contribution in [0.4, 0.5) is 0 Å². The zero-order valence-corrected chi connectivity index (χ0v) is 10.3. The molecule has 5 heteroatoms. The summed E-state index contributed by atoms with van der Waals surface area (Å²) in [4.78, 5) is 13.4. The van der Waals surface area contributed by atoms with Crippen molar-refractivity contribution in [3.63, 3.8) is 0 Å². The predicted molar refractivity (Wildman–Crippen MR) is 62.0 cm³/mol. The number of nitrogens with zero attached hydrogens (tertiary/aromatic N) is 1. The van der Waals surface area contributed by atoms with Crippen molar-refractivity contribution in [1.29, 1.82) is 0 Å². The van der Waals surface area contributed by atoms with Gasteiger partial charge < -0.3 is 4.90 Å². The van der Waals surface area contributed by atoms with Gasteiger partial charge in [0.2, 0.25) is 5.91 Å². The van der Waals surface area contributed by atoms with Gasteiger partial charge >= 0.3 is 0 Å². The molecule has 0 saturated carbocycles. The number of hydrogen-bond acceptors (Lipinski definition) is 3. The van der Waals surface area contributed by atoms with Gasteiger partial charge in [-0.3, -0.25) is 14.3 Å². The Hall–Kier alpha value is -0.420. The number of carbonyl (C=O) groups is 1. The lowest BCUT2D eigenvalue weighted by atomic mass is 10.2. The van der Waals surface area contributed by atoms with Crippen LogP contribution in [0.2, 0.25) is 0 Å². The van der Waals surface area contributed by atoms with Gasteiger partial charge in [-0.15, -0.1) is 0 Å². The first kappa shape index (κ1) is 12.6. The van der Waals surface area contributed by atoms with E-state index in [-0.39, 0.29) is 12.1 Å². The average molecular weight is 232 g/mol. The van der Waals surface area contributed by atoms with Crippen molar-refractivity contribution < 1.29 is 9.00 Å². The third kappa shape index (κ3) is 3.91. The van der Waals surface area contributed by atoms with E-state index in [0.717, 1.165) is 25.8 Å². The van der Waals surface area contributed by atoms with Gasteiger partial charge in [-0.1, -0.05) is 13.3 Å². The molecule has 1 amide bonds. The van der Waals surface area contributed by atoms with Crippen LogP contribution in [0.25, 0.3) is 0 Å². The molecule has 1 fully saturated rings. The maximum absolute atomic E-state index is 11.5. The number of carbonyl (C=O) groups excluding carboxylic acids is 1. The van der Waals surface area contributed by atoms with Crippen molar-refractivity contribution in [2.24, 2.45) is 0 Å². The fourth-order valence-electron chi connectivity index (χ4n) is 1.84. The third-order valence-corrected chi connectivity index (χ3v) is 3.44. The van der Waals surface area contributed by atoms with Crippen molar-refractivity contribution in [1.82, 2.24) is 10.2 Å². The van der Waals surface area contributed by atoms with Gasteiger partial charge in [-0.05, 0) is 12.8 Å². The van der Waals surface area contributed by atoms with E-state index in [1.807, 2.05) is 4.90 Å². The van der Waals surface area contributed by atoms with Crippen LogP contribution in [0, 0.1) is 0 Å². The third-order valence-electron chi connectivity index (χ3n) is 2.58. The van der Waals surface area contributed by atoms with Gasteiger partial charge in [0.15, 0.2) is 0 Å². The van der Waals surface area contributed by atoms with Gasteiger partial charge in [-0.2, -0.15) is 0 Å². The predicted octanol–water partition coefficient (Wildman–Crippen LogP) is 0.313. The zero-order valence-electron chi connectivity index (χ0n) is 9.49. The lowest BCUT2D eigenvalue weighted by Crippen LogP contribution is -2.38. The van der Waals surface area contributed by atoms with E-state index in [2.05, 4.69) is 12.2 Å². The molecule has 0 bridgehead atoms. The average Bonchev–Trinajstić information content (AvgIpc) is 2.50. The first-order valence-corrected chi connectivity index (χ1v) is 7.20. The number of nitrogens with one attached hydrogen (secondary N) is 1. The minimum Gasteiger partial charge on any atom is -0.326 e.